The van der Waals surface area contributed by atoms with Crippen LogP contribution in [0.2, 0.25) is 0 Å². The van der Waals surface area contributed by atoms with Crippen LogP contribution in [0.1, 0.15) is 11.1 Å². The van der Waals surface area contributed by atoms with Gasteiger partial charge in [0, 0.05) is 6.07 Å². The van der Waals surface area contributed by atoms with Gasteiger partial charge in [-0.05, 0) is 25.0 Å². The Balaban J connectivity index is 3.08. The van der Waals surface area contributed by atoms with E-state index in [9.17, 15) is 10.1 Å². The van der Waals surface area contributed by atoms with Crippen LogP contribution in [0, 0.1) is 24.0 Å². The highest BCUT2D eigenvalue weighted by Gasteiger charge is 2.18. The summed E-state index contributed by atoms with van der Waals surface area (Å²) in [5.41, 5.74) is 6.50. The van der Waals surface area contributed by atoms with Crippen molar-refractivity contribution in [1.29, 1.82) is 0 Å². The third-order valence-corrected chi connectivity index (χ3v) is 2.09. The molecule has 0 saturated heterocycles. The van der Waals surface area contributed by atoms with Gasteiger partial charge in [-0.1, -0.05) is 11.2 Å². The molecule has 0 bridgehead atoms. The van der Waals surface area contributed by atoms with Gasteiger partial charge in [-0.25, -0.2) is 0 Å². The number of hydrogen-bond acceptors (Lipinski definition) is 5. The summed E-state index contributed by atoms with van der Waals surface area (Å²) in [7, 11) is 0. The van der Waals surface area contributed by atoms with E-state index in [-0.39, 0.29) is 23.9 Å². The molecule has 0 saturated carbocycles. The number of nitrogens with zero attached hydrogens (tertiary/aromatic N) is 2. The van der Waals surface area contributed by atoms with E-state index in [4.69, 9.17) is 15.7 Å². The topological polar surface area (TPSA) is 111 Å². The number of nitro benzene ring substituents is 1. The van der Waals surface area contributed by atoms with Crippen LogP contribution in [0.4, 0.5) is 5.69 Å². The average molecular weight is 239 g/mol. The van der Waals surface area contributed by atoms with Crippen LogP contribution < -0.4 is 10.5 Å². The fourth-order valence-corrected chi connectivity index (χ4v) is 1.43. The largest absolute Gasteiger partial charge is 0.478 e. The van der Waals surface area contributed by atoms with Crippen molar-refractivity contribution in [2.75, 3.05) is 6.61 Å². The van der Waals surface area contributed by atoms with E-state index in [0.717, 1.165) is 5.56 Å². The molecule has 0 spiro atoms. The fraction of sp³-hybridized carbons (Fsp3) is 0.300. The van der Waals surface area contributed by atoms with Crippen LogP contribution in [-0.2, 0) is 0 Å². The molecule has 3 N–H and O–H groups in total. The second-order valence-corrected chi connectivity index (χ2v) is 3.57. The lowest BCUT2D eigenvalue weighted by molar-refractivity contribution is -0.385. The van der Waals surface area contributed by atoms with Gasteiger partial charge >= 0.3 is 5.69 Å². The van der Waals surface area contributed by atoms with Crippen molar-refractivity contribution in [3.05, 3.63) is 33.4 Å². The predicted molar refractivity (Wildman–Crippen MR) is 61.5 cm³/mol. The maximum Gasteiger partial charge on any atom is 0.311 e. The van der Waals surface area contributed by atoms with E-state index >= 15 is 0 Å². The molecule has 7 nitrogen and oxygen atoms in total. The standard InChI is InChI=1S/C10H13N3O4/c1-6-3-7(2)10(8(4-6)13(15)16)17-5-9(11)12-14/h3-4,14H,5H2,1-2H3,(H2,11,12). The molecule has 0 fully saturated rings. The third kappa shape index (κ3) is 3.07. The highest BCUT2D eigenvalue weighted by molar-refractivity contribution is 5.81. The lowest BCUT2D eigenvalue weighted by Crippen LogP contribution is -2.21. The Kier molecular flexibility index (Phi) is 3.86. The van der Waals surface area contributed by atoms with E-state index in [2.05, 4.69) is 5.16 Å². The minimum absolute atomic E-state index is 0.131. The van der Waals surface area contributed by atoms with Crippen LogP contribution in [0.25, 0.3) is 0 Å². The highest BCUT2D eigenvalue weighted by Crippen LogP contribution is 2.31. The number of benzene rings is 1. The molecule has 17 heavy (non-hydrogen) atoms. The molecule has 0 aliphatic carbocycles. The van der Waals surface area contributed by atoms with Gasteiger partial charge in [0.2, 0.25) is 5.75 Å². The molecule has 0 radical (unpaired) electrons. The summed E-state index contributed by atoms with van der Waals surface area (Å²) in [5.74, 6) is -0.0218. The van der Waals surface area contributed by atoms with Crippen LogP contribution in [0.15, 0.2) is 17.3 Å². The van der Waals surface area contributed by atoms with Crippen LogP contribution in [0.3, 0.4) is 0 Å². The lowest BCUT2D eigenvalue weighted by atomic mass is 10.1. The molecule has 0 aromatic heterocycles. The zero-order valence-corrected chi connectivity index (χ0v) is 9.51. The molecule has 0 heterocycles. The van der Waals surface area contributed by atoms with Crippen molar-refractivity contribution in [2.45, 2.75) is 13.8 Å². The fourth-order valence-electron chi connectivity index (χ4n) is 1.43. The first-order valence-electron chi connectivity index (χ1n) is 4.80. The first-order chi connectivity index (χ1) is 7.95. The zero-order valence-electron chi connectivity index (χ0n) is 9.51. The number of ether oxygens (including phenoxy) is 1. The molecule has 0 aliphatic rings. The van der Waals surface area contributed by atoms with Crippen LogP contribution >= 0.6 is 0 Å². The van der Waals surface area contributed by atoms with Crippen molar-refractivity contribution in [2.24, 2.45) is 10.9 Å². The Bertz CT molecular complexity index is 471. The molecule has 1 aromatic carbocycles. The Morgan fingerprint density at radius 1 is 1.59 bits per heavy atom. The van der Waals surface area contributed by atoms with E-state index in [1.807, 2.05) is 0 Å². The van der Waals surface area contributed by atoms with E-state index in [1.54, 1.807) is 19.9 Å². The Morgan fingerprint density at radius 2 is 2.24 bits per heavy atom. The van der Waals surface area contributed by atoms with Crippen molar-refractivity contribution in [1.82, 2.24) is 0 Å². The minimum atomic E-state index is -0.526. The molecular formula is C10H13N3O4. The lowest BCUT2D eigenvalue weighted by Gasteiger charge is -2.09. The number of hydrogen-bond donors (Lipinski definition) is 2. The summed E-state index contributed by atoms with van der Waals surface area (Å²) < 4.78 is 5.18. The number of nitrogens with two attached hydrogens (primary N) is 1. The summed E-state index contributed by atoms with van der Waals surface area (Å²) >= 11 is 0. The molecule has 0 unspecified atom stereocenters. The molecule has 92 valence electrons. The molecule has 1 rings (SSSR count). The Labute approximate surface area is 97.6 Å². The van der Waals surface area contributed by atoms with Crippen molar-refractivity contribution in [3.8, 4) is 5.75 Å². The molecular weight excluding hydrogens is 226 g/mol. The van der Waals surface area contributed by atoms with E-state index in [0.29, 0.717) is 5.56 Å². The third-order valence-electron chi connectivity index (χ3n) is 2.09. The molecule has 7 heteroatoms. The summed E-state index contributed by atoms with van der Waals surface area (Å²) in [6, 6.07) is 3.17. The van der Waals surface area contributed by atoms with Crippen molar-refractivity contribution < 1.29 is 14.9 Å². The normalized spacial score (nSPS) is 11.3. The number of amidine groups is 1. The molecule has 0 atom stereocenters. The van der Waals surface area contributed by atoms with Gasteiger partial charge in [0.15, 0.2) is 5.84 Å². The monoisotopic (exact) mass is 239 g/mol. The second kappa shape index (κ2) is 5.15. The Morgan fingerprint density at radius 3 is 2.76 bits per heavy atom. The van der Waals surface area contributed by atoms with Crippen LogP contribution in [-0.4, -0.2) is 22.6 Å². The van der Waals surface area contributed by atoms with E-state index < -0.39 is 4.92 Å². The van der Waals surface area contributed by atoms with Gasteiger partial charge in [0.25, 0.3) is 0 Å². The first kappa shape index (κ1) is 12.8. The summed E-state index contributed by atoms with van der Waals surface area (Å²) in [4.78, 5) is 10.3. The van der Waals surface area contributed by atoms with Gasteiger partial charge in [-0.2, -0.15) is 0 Å². The van der Waals surface area contributed by atoms with Crippen molar-refractivity contribution in [3.63, 3.8) is 0 Å². The Hall–Kier alpha value is -2.31. The molecule has 0 amide bonds. The number of oxime groups is 1. The minimum Gasteiger partial charge on any atom is -0.478 e. The quantitative estimate of drug-likeness (QED) is 0.271. The number of rotatable bonds is 4. The zero-order chi connectivity index (χ0) is 13.0. The predicted octanol–water partition coefficient (Wildman–Crippen LogP) is 1.34. The first-order valence-corrected chi connectivity index (χ1v) is 4.80. The summed E-state index contributed by atoms with van der Waals surface area (Å²) in [6.45, 7) is 3.25. The van der Waals surface area contributed by atoms with Gasteiger partial charge in [0.1, 0.15) is 6.61 Å². The average Bonchev–Trinajstić information content (AvgIpc) is 2.26. The SMILES string of the molecule is Cc1cc(C)c(OC/C(N)=N/O)c([N+](=O)[O-])c1. The second-order valence-electron chi connectivity index (χ2n) is 3.57. The summed E-state index contributed by atoms with van der Waals surface area (Å²) in [6.07, 6.45) is 0. The number of nitro groups is 1. The highest BCUT2D eigenvalue weighted by atomic mass is 16.6. The summed E-state index contributed by atoms with van der Waals surface area (Å²) in [5, 5.41) is 21.9. The maximum atomic E-state index is 10.9. The van der Waals surface area contributed by atoms with Gasteiger partial charge in [-0.3, -0.25) is 10.1 Å². The van der Waals surface area contributed by atoms with Crippen LogP contribution in [0.5, 0.6) is 5.75 Å². The maximum absolute atomic E-state index is 10.9. The van der Waals surface area contributed by atoms with Gasteiger partial charge < -0.3 is 15.7 Å². The van der Waals surface area contributed by atoms with Gasteiger partial charge in [0.05, 0.1) is 4.92 Å². The van der Waals surface area contributed by atoms with Gasteiger partial charge in [-0.15, -0.1) is 0 Å². The smallest absolute Gasteiger partial charge is 0.311 e. The molecule has 0 aliphatic heterocycles. The molecule has 1 aromatic rings. The number of aryl methyl sites for hydroxylation is 2. The van der Waals surface area contributed by atoms with Crippen molar-refractivity contribution >= 4 is 11.5 Å². The van der Waals surface area contributed by atoms with E-state index in [1.165, 1.54) is 6.07 Å².